The number of piperidine rings is 1. The number of likely N-dealkylation sites (tertiary alicyclic amines) is 1. The summed E-state index contributed by atoms with van der Waals surface area (Å²) in [5, 5.41) is 0.822. The molecular formula is C21H27N3O2S. The van der Waals surface area contributed by atoms with E-state index >= 15 is 0 Å². The quantitative estimate of drug-likeness (QED) is 0.585. The van der Waals surface area contributed by atoms with E-state index in [2.05, 4.69) is 21.2 Å². The molecule has 1 aromatic carbocycles. The average Bonchev–Trinajstić information content (AvgIpc) is 3.12. The fourth-order valence-corrected chi connectivity index (χ4v) is 5.73. The van der Waals surface area contributed by atoms with E-state index in [1.165, 1.54) is 6.42 Å². The highest BCUT2D eigenvalue weighted by Gasteiger charge is 2.33. The summed E-state index contributed by atoms with van der Waals surface area (Å²) in [6, 6.07) is 8.98. The summed E-state index contributed by atoms with van der Waals surface area (Å²) in [6.45, 7) is 4.04. The van der Waals surface area contributed by atoms with Gasteiger partial charge >= 0.3 is 0 Å². The minimum absolute atomic E-state index is 0.209. The first-order chi connectivity index (χ1) is 13.1. The number of hydrogen-bond donors (Lipinski definition) is 0. The topological polar surface area (TPSA) is 62.6 Å². The zero-order chi connectivity index (χ0) is 18.9. The van der Waals surface area contributed by atoms with E-state index in [0.717, 1.165) is 56.4 Å². The van der Waals surface area contributed by atoms with Gasteiger partial charge in [-0.1, -0.05) is 31.5 Å². The van der Waals surface area contributed by atoms with E-state index in [0.29, 0.717) is 11.4 Å². The Labute approximate surface area is 161 Å². The highest BCUT2D eigenvalue weighted by molar-refractivity contribution is 7.90. The summed E-state index contributed by atoms with van der Waals surface area (Å²) in [5.74, 6) is 1.50. The Kier molecular flexibility index (Phi) is 5.17. The average molecular weight is 386 g/mol. The van der Waals surface area contributed by atoms with Crippen LogP contribution in [0, 0.1) is 11.8 Å². The van der Waals surface area contributed by atoms with Gasteiger partial charge in [0.15, 0.2) is 0 Å². The summed E-state index contributed by atoms with van der Waals surface area (Å²) in [5.41, 5.74) is 0.501. The van der Waals surface area contributed by atoms with E-state index in [4.69, 9.17) is 0 Å². The highest BCUT2D eigenvalue weighted by atomic mass is 32.2. The fourth-order valence-electron chi connectivity index (χ4n) is 4.47. The molecule has 144 valence electrons. The molecule has 4 rings (SSSR count). The van der Waals surface area contributed by atoms with Crippen molar-refractivity contribution in [1.29, 1.82) is 0 Å². The van der Waals surface area contributed by atoms with Crippen LogP contribution in [0.3, 0.4) is 0 Å². The van der Waals surface area contributed by atoms with Crippen molar-refractivity contribution in [3.05, 3.63) is 36.5 Å². The lowest BCUT2D eigenvalue weighted by Gasteiger charge is -2.33. The molecule has 1 saturated heterocycles. The molecule has 2 aliphatic rings. The predicted molar refractivity (Wildman–Crippen MR) is 108 cm³/mol. The van der Waals surface area contributed by atoms with Gasteiger partial charge in [-0.2, -0.15) is 8.42 Å². The number of para-hydroxylation sites is 1. The maximum Gasteiger partial charge on any atom is 0.286 e. The van der Waals surface area contributed by atoms with Gasteiger partial charge in [0.25, 0.3) is 10.0 Å². The van der Waals surface area contributed by atoms with Crippen molar-refractivity contribution in [2.75, 3.05) is 13.1 Å². The molecule has 0 amide bonds. The van der Waals surface area contributed by atoms with Gasteiger partial charge in [-0.3, -0.25) is 4.98 Å². The second-order valence-electron chi connectivity index (χ2n) is 7.82. The standard InChI is InChI=1S/C21H27N3O2S/c1-16-8-5-11-18(16)21(24-14-3-2-4-15-24)23-27(25,26)19-12-6-9-17-10-7-13-22-20(17)19/h6-7,9-10,12-13,16,18H,2-5,8,11,14-15H2,1H3/t16-,18+/m1/s1. The number of nitrogens with zero attached hydrogens (tertiary/aromatic N) is 3. The Bertz CT molecular complexity index is 944. The maximum atomic E-state index is 13.3. The molecule has 0 bridgehead atoms. The molecule has 2 atom stereocenters. The maximum absolute atomic E-state index is 13.3. The van der Waals surface area contributed by atoms with E-state index < -0.39 is 10.0 Å². The van der Waals surface area contributed by atoms with Crippen LogP contribution >= 0.6 is 0 Å². The third-order valence-corrected chi connectivity index (χ3v) is 7.27. The minimum Gasteiger partial charge on any atom is -0.359 e. The Hall–Kier alpha value is -1.95. The first kappa shape index (κ1) is 18.4. The van der Waals surface area contributed by atoms with Crippen LogP contribution in [0.15, 0.2) is 45.8 Å². The van der Waals surface area contributed by atoms with Crippen molar-refractivity contribution < 1.29 is 8.42 Å². The summed E-state index contributed by atoms with van der Waals surface area (Å²) in [7, 11) is -3.81. The first-order valence-corrected chi connectivity index (χ1v) is 11.4. The summed E-state index contributed by atoms with van der Waals surface area (Å²) in [6.07, 6.45) is 8.38. The number of fused-ring (bicyclic) bond motifs is 1. The van der Waals surface area contributed by atoms with Gasteiger partial charge in [-0.05, 0) is 50.2 Å². The number of rotatable bonds is 3. The van der Waals surface area contributed by atoms with E-state index in [-0.39, 0.29) is 10.8 Å². The molecule has 0 unspecified atom stereocenters. The van der Waals surface area contributed by atoms with Crippen LogP contribution in [-0.4, -0.2) is 37.2 Å². The van der Waals surface area contributed by atoms with E-state index in [1.54, 1.807) is 18.3 Å². The van der Waals surface area contributed by atoms with Gasteiger partial charge < -0.3 is 4.90 Å². The number of benzene rings is 1. The van der Waals surface area contributed by atoms with E-state index in [1.807, 2.05) is 18.2 Å². The third-order valence-electron chi connectivity index (χ3n) is 5.96. The molecule has 0 spiro atoms. The van der Waals surface area contributed by atoms with Crippen LogP contribution in [0.1, 0.15) is 45.4 Å². The minimum atomic E-state index is -3.81. The summed E-state index contributed by atoms with van der Waals surface area (Å²) in [4.78, 5) is 6.75. The second-order valence-corrected chi connectivity index (χ2v) is 9.39. The summed E-state index contributed by atoms with van der Waals surface area (Å²) < 4.78 is 31.1. The second kappa shape index (κ2) is 7.58. The lowest BCUT2D eigenvalue weighted by Crippen LogP contribution is -2.41. The molecule has 5 nitrogen and oxygen atoms in total. The van der Waals surface area contributed by atoms with Crippen molar-refractivity contribution in [2.45, 2.75) is 50.3 Å². The molecule has 1 saturated carbocycles. The van der Waals surface area contributed by atoms with Gasteiger partial charge in [0.05, 0.1) is 5.52 Å². The molecule has 6 heteroatoms. The molecule has 27 heavy (non-hydrogen) atoms. The Morgan fingerprint density at radius 1 is 1.07 bits per heavy atom. The zero-order valence-electron chi connectivity index (χ0n) is 15.8. The zero-order valence-corrected chi connectivity index (χ0v) is 16.7. The lowest BCUT2D eigenvalue weighted by atomic mass is 9.95. The molecule has 1 aliphatic carbocycles. The van der Waals surface area contributed by atoms with Gasteiger partial charge in [0.2, 0.25) is 0 Å². The first-order valence-electron chi connectivity index (χ1n) is 10.00. The fraction of sp³-hybridized carbons (Fsp3) is 0.524. The summed E-state index contributed by atoms with van der Waals surface area (Å²) >= 11 is 0. The molecule has 2 aromatic rings. The van der Waals surface area contributed by atoms with Crippen molar-refractivity contribution in [3.63, 3.8) is 0 Å². The molecule has 1 aliphatic heterocycles. The highest BCUT2D eigenvalue weighted by Crippen LogP contribution is 2.35. The molecule has 0 N–H and O–H groups in total. The molecular weight excluding hydrogens is 358 g/mol. The Morgan fingerprint density at radius 2 is 1.85 bits per heavy atom. The third kappa shape index (κ3) is 3.72. The monoisotopic (exact) mass is 385 g/mol. The van der Waals surface area contributed by atoms with Crippen molar-refractivity contribution in [1.82, 2.24) is 9.88 Å². The van der Waals surface area contributed by atoms with Crippen LogP contribution in [0.2, 0.25) is 0 Å². The van der Waals surface area contributed by atoms with Crippen molar-refractivity contribution in [3.8, 4) is 0 Å². The molecule has 0 radical (unpaired) electrons. The molecule has 2 fully saturated rings. The van der Waals surface area contributed by atoms with Crippen molar-refractivity contribution in [2.24, 2.45) is 16.2 Å². The van der Waals surface area contributed by atoms with E-state index in [9.17, 15) is 8.42 Å². The van der Waals surface area contributed by atoms with Crippen LogP contribution in [0.4, 0.5) is 0 Å². The van der Waals surface area contributed by atoms with Crippen LogP contribution < -0.4 is 0 Å². The number of sulfonamides is 1. The number of amidine groups is 1. The molecule has 1 aromatic heterocycles. The Balaban J connectivity index is 1.80. The normalized spacial score (nSPS) is 24.5. The number of hydrogen-bond acceptors (Lipinski definition) is 3. The smallest absolute Gasteiger partial charge is 0.286 e. The van der Waals surface area contributed by atoms with Gasteiger partial charge in [0, 0.05) is 30.6 Å². The largest absolute Gasteiger partial charge is 0.359 e. The predicted octanol–water partition coefficient (Wildman–Crippen LogP) is 4.24. The number of pyridine rings is 1. The van der Waals surface area contributed by atoms with Crippen LogP contribution in [0.25, 0.3) is 10.9 Å². The van der Waals surface area contributed by atoms with Gasteiger partial charge in [-0.15, -0.1) is 4.40 Å². The molecule has 2 heterocycles. The van der Waals surface area contributed by atoms with Crippen LogP contribution in [-0.2, 0) is 10.0 Å². The van der Waals surface area contributed by atoms with Crippen molar-refractivity contribution >= 4 is 26.8 Å². The van der Waals surface area contributed by atoms with Gasteiger partial charge in [-0.25, -0.2) is 0 Å². The van der Waals surface area contributed by atoms with Crippen LogP contribution in [0.5, 0.6) is 0 Å². The SMILES string of the molecule is C[C@@H]1CCC[C@@H]1C(=NS(=O)(=O)c1cccc2cccnc12)N1CCCCC1. The van der Waals surface area contributed by atoms with Gasteiger partial charge in [0.1, 0.15) is 10.7 Å². The Morgan fingerprint density at radius 3 is 2.59 bits per heavy atom. The number of aromatic nitrogens is 1. The lowest BCUT2D eigenvalue weighted by molar-refractivity contribution is 0.317.